The third-order valence-corrected chi connectivity index (χ3v) is 6.92. The summed E-state index contributed by atoms with van der Waals surface area (Å²) in [6.45, 7) is 0.842. The Hall–Kier alpha value is -1.91. The summed E-state index contributed by atoms with van der Waals surface area (Å²) >= 11 is 3.19. The Morgan fingerprint density at radius 3 is 2.39 bits per heavy atom. The highest BCUT2D eigenvalue weighted by molar-refractivity contribution is 9.10. The van der Waals surface area contributed by atoms with Crippen LogP contribution in [0.3, 0.4) is 0 Å². The van der Waals surface area contributed by atoms with E-state index in [2.05, 4.69) is 21.2 Å². The average Bonchev–Trinajstić information content (AvgIpc) is 3.17. The van der Waals surface area contributed by atoms with Crippen LogP contribution in [0.4, 0.5) is 18.9 Å². The molecule has 1 heterocycles. The summed E-state index contributed by atoms with van der Waals surface area (Å²) in [6, 6.07) is 8.27. The molecule has 1 amide bonds. The van der Waals surface area contributed by atoms with Gasteiger partial charge in [-0.05, 0) is 65.2 Å². The topological polar surface area (TPSA) is 66.5 Å². The number of sulfonamides is 1. The fourth-order valence-electron chi connectivity index (χ4n) is 2.89. The summed E-state index contributed by atoms with van der Waals surface area (Å²) in [5.41, 5.74) is -0.924. The van der Waals surface area contributed by atoms with E-state index in [1.807, 2.05) is 0 Å². The molecule has 1 saturated heterocycles. The van der Waals surface area contributed by atoms with Crippen LogP contribution in [-0.4, -0.2) is 31.7 Å². The third kappa shape index (κ3) is 4.39. The fraction of sp³-hybridized carbons (Fsp3) is 0.278. The van der Waals surface area contributed by atoms with Crippen molar-refractivity contribution in [3.63, 3.8) is 0 Å². The van der Waals surface area contributed by atoms with Gasteiger partial charge in [-0.1, -0.05) is 6.07 Å². The molecule has 5 nitrogen and oxygen atoms in total. The van der Waals surface area contributed by atoms with Crippen molar-refractivity contribution in [1.82, 2.24) is 4.31 Å². The second kappa shape index (κ2) is 7.84. The summed E-state index contributed by atoms with van der Waals surface area (Å²) in [7, 11) is -3.73. The van der Waals surface area contributed by atoms with Crippen LogP contribution >= 0.6 is 15.9 Å². The second-order valence-electron chi connectivity index (χ2n) is 6.29. The molecular formula is C18H16BrF3N2O3S. The molecule has 10 heteroatoms. The molecule has 0 aromatic heterocycles. The van der Waals surface area contributed by atoms with Crippen LogP contribution < -0.4 is 5.32 Å². The number of amides is 1. The number of nitrogens with one attached hydrogen (secondary N) is 1. The number of nitrogens with zero attached hydrogens (tertiary/aromatic N) is 1. The van der Waals surface area contributed by atoms with Gasteiger partial charge >= 0.3 is 6.18 Å². The Labute approximate surface area is 168 Å². The molecule has 0 unspecified atom stereocenters. The predicted octanol–water partition coefficient (Wildman–Crippen LogP) is 4.50. The normalized spacial score (nSPS) is 15.6. The molecule has 1 aliphatic rings. The summed E-state index contributed by atoms with van der Waals surface area (Å²) in [4.78, 5) is 12.5. The number of carbonyl (C=O) groups is 1. The van der Waals surface area contributed by atoms with Crippen LogP contribution in [0.25, 0.3) is 0 Å². The molecule has 0 saturated carbocycles. The van der Waals surface area contributed by atoms with Gasteiger partial charge in [0.15, 0.2) is 0 Å². The highest BCUT2D eigenvalue weighted by Crippen LogP contribution is 2.31. The van der Waals surface area contributed by atoms with Crippen LogP contribution in [0.15, 0.2) is 51.8 Å². The van der Waals surface area contributed by atoms with E-state index in [-0.39, 0.29) is 16.1 Å². The van der Waals surface area contributed by atoms with Crippen molar-refractivity contribution in [3.8, 4) is 0 Å². The molecule has 0 aliphatic carbocycles. The van der Waals surface area contributed by atoms with Gasteiger partial charge < -0.3 is 5.32 Å². The van der Waals surface area contributed by atoms with Gasteiger partial charge in [-0.3, -0.25) is 4.79 Å². The first-order valence-corrected chi connectivity index (χ1v) is 10.6. The van der Waals surface area contributed by atoms with Gasteiger partial charge in [0.05, 0.1) is 16.0 Å². The first-order valence-electron chi connectivity index (χ1n) is 8.37. The van der Waals surface area contributed by atoms with Crippen molar-refractivity contribution in [2.75, 3.05) is 18.4 Å². The van der Waals surface area contributed by atoms with Gasteiger partial charge in [0.25, 0.3) is 5.91 Å². The van der Waals surface area contributed by atoms with Gasteiger partial charge in [-0.25, -0.2) is 8.42 Å². The molecule has 1 N–H and O–H groups in total. The molecule has 3 rings (SSSR count). The first kappa shape index (κ1) is 20.8. The smallest absolute Gasteiger partial charge is 0.322 e. The van der Waals surface area contributed by atoms with Crippen LogP contribution in [0.2, 0.25) is 0 Å². The summed E-state index contributed by atoms with van der Waals surface area (Å²) in [6.07, 6.45) is -2.98. The number of hydrogen-bond acceptors (Lipinski definition) is 3. The molecule has 28 heavy (non-hydrogen) atoms. The maximum Gasteiger partial charge on any atom is 0.416 e. The zero-order chi connectivity index (χ0) is 20.5. The maximum atomic E-state index is 12.8. The quantitative estimate of drug-likeness (QED) is 0.705. The molecule has 1 fully saturated rings. The van der Waals surface area contributed by atoms with Crippen molar-refractivity contribution >= 4 is 37.5 Å². The lowest BCUT2D eigenvalue weighted by Crippen LogP contribution is -2.28. The average molecular weight is 477 g/mol. The Balaban J connectivity index is 1.88. The standard InChI is InChI=1S/C18H16BrF3N2O3S/c19-16-7-6-14(28(26,27)24-8-1-2-9-24)11-15(16)17(25)23-13-5-3-4-12(10-13)18(20,21)22/h3-7,10-11H,1-2,8-9H2,(H,23,25). The number of hydrogen-bond donors (Lipinski definition) is 1. The lowest BCUT2D eigenvalue weighted by molar-refractivity contribution is -0.137. The Morgan fingerprint density at radius 2 is 1.75 bits per heavy atom. The van der Waals surface area contributed by atoms with Crippen molar-refractivity contribution in [3.05, 3.63) is 58.1 Å². The molecule has 150 valence electrons. The molecule has 2 aromatic carbocycles. The van der Waals surface area contributed by atoms with E-state index in [1.165, 1.54) is 34.6 Å². The number of halogens is 4. The Kier molecular flexibility index (Phi) is 5.83. The highest BCUT2D eigenvalue weighted by atomic mass is 79.9. The molecule has 0 atom stereocenters. The lowest BCUT2D eigenvalue weighted by atomic mass is 10.1. The summed E-state index contributed by atoms with van der Waals surface area (Å²) in [5.74, 6) is -0.718. The largest absolute Gasteiger partial charge is 0.416 e. The van der Waals surface area contributed by atoms with E-state index >= 15 is 0 Å². The van der Waals surface area contributed by atoms with Gasteiger partial charge in [-0.2, -0.15) is 17.5 Å². The highest BCUT2D eigenvalue weighted by Gasteiger charge is 2.31. The van der Waals surface area contributed by atoms with E-state index in [0.717, 1.165) is 25.0 Å². The fourth-order valence-corrected chi connectivity index (χ4v) is 4.86. The number of carbonyl (C=O) groups excluding carboxylic acids is 1. The second-order valence-corrected chi connectivity index (χ2v) is 9.08. The van der Waals surface area contributed by atoms with E-state index in [0.29, 0.717) is 17.6 Å². The molecule has 0 bridgehead atoms. The van der Waals surface area contributed by atoms with E-state index < -0.39 is 27.7 Å². The third-order valence-electron chi connectivity index (χ3n) is 4.33. The minimum atomic E-state index is -4.54. The minimum absolute atomic E-state index is 0.0117. The lowest BCUT2D eigenvalue weighted by Gasteiger charge is -2.16. The summed E-state index contributed by atoms with van der Waals surface area (Å²) < 4.78 is 65.6. The Bertz CT molecular complexity index is 1000. The monoisotopic (exact) mass is 476 g/mol. The van der Waals surface area contributed by atoms with Crippen LogP contribution in [-0.2, 0) is 16.2 Å². The first-order chi connectivity index (χ1) is 13.1. The van der Waals surface area contributed by atoms with Gasteiger partial charge in [0, 0.05) is 23.2 Å². The number of benzene rings is 2. The van der Waals surface area contributed by atoms with Crippen molar-refractivity contribution in [2.24, 2.45) is 0 Å². The van der Waals surface area contributed by atoms with Gasteiger partial charge in [0.1, 0.15) is 0 Å². The predicted molar refractivity (Wildman–Crippen MR) is 102 cm³/mol. The molecule has 0 spiro atoms. The number of anilines is 1. The number of rotatable bonds is 4. The molecular weight excluding hydrogens is 461 g/mol. The van der Waals surface area contributed by atoms with Crippen molar-refractivity contribution in [2.45, 2.75) is 23.9 Å². The zero-order valence-electron chi connectivity index (χ0n) is 14.5. The zero-order valence-corrected chi connectivity index (χ0v) is 16.9. The van der Waals surface area contributed by atoms with E-state index in [1.54, 1.807) is 0 Å². The van der Waals surface area contributed by atoms with Crippen LogP contribution in [0, 0.1) is 0 Å². The Morgan fingerprint density at radius 1 is 1.07 bits per heavy atom. The van der Waals surface area contributed by atoms with E-state index in [4.69, 9.17) is 0 Å². The molecule has 2 aromatic rings. The van der Waals surface area contributed by atoms with E-state index in [9.17, 15) is 26.4 Å². The van der Waals surface area contributed by atoms with Crippen molar-refractivity contribution in [1.29, 1.82) is 0 Å². The van der Waals surface area contributed by atoms with Gasteiger partial charge in [-0.15, -0.1) is 0 Å². The molecule has 1 aliphatic heterocycles. The van der Waals surface area contributed by atoms with Crippen LogP contribution in [0.5, 0.6) is 0 Å². The molecule has 0 radical (unpaired) electrons. The summed E-state index contributed by atoms with van der Waals surface area (Å²) in [5, 5.41) is 2.38. The van der Waals surface area contributed by atoms with Crippen molar-refractivity contribution < 1.29 is 26.4 Å². The maximum absolute atomic E-state index is 12.8. The van der Waals surface area contributed by atoms with Gasteiger partial charge in [0.2, 0.25) is 10.0 Å². The minimum Gasteiger partial charge on any atom is -0.322 e. The van der Waals surface area contributed by atoms with Crippen LogP contribution in [0.1, 0.15) is 28.8 Å². The number of alkyl halides is 3. The SMILES string of the molecule is O=C(Nc1cccc(C(F)(F)F)c1)c1cc(S(=O)(=O)N2CCCC2)ccc1Br.